The highest BCUT2D eigenvalue weighted by molar-refractivity contribution is 5.38. The normalized spacial score (nSPS) is 18.6. The van der Waals surface area contributed by atoms with Crippen LogP contribution in [0.4, 0.5) is 0 Å². The van der Waals surface area contributed by atoms with Crippen LogP contribution in [0.2, 0.25) is 0 Å². The number of aryl methyl sites for hydroxylation is 1. The van der Waals surface area contributed by atoms with Gasteiger partial charge in [-0.05, 0) is 61.4 Å². The second-order valence-corrected chi connectivity index (χ2v) is 6.17. The number of phenolic OH excluding ortho intramolecular Hbond substituents is 1. The van der Waals surface area contributed by atoms with Crippen LogP contribution in [0.5, 0.6) is 5.75 Å². The van der Waals surface area contributed by atoms with Crippen LogP contribution in [0.3, 0.4) is 0 Å². The van der Waals surface area contributed by atoms with Crippen LogP contribution >= 0.6 is 0 Å². The number of aromatic hydroxyl groups is 1. The summed E-state index contributed by atoms with van der Waals surface area (Å²) in [7, 11) is 0. The summed E-state index contributed by atoms with van der Waals surface area (Å²) in [6, 6.07) is 6.33. The molecule has 0 saturated heterocycles. The van der Waals surface area contributed by atoms with Gasteiger partial charge >= 0.3 is 0 Å². The molecular weight excluding hydrogens is 234 g/mol. The Morgan fingerprint density at radius 3 is 2.95 bits per heavy atom. The van der Waals surface area contributed by atoms with Crippen molar-refractivity contribution in [3.63, 3.8) is 0 Å². The first-order chi connectivity index (χ1) is 9.16. The van der Waals surface area contributed by atoms with Crippen molar-refractivity contribution < 1.29 is 5.11 Å². The van der Waals surface area contributed by atoms with Crippen molar-refractivity contribution in [2.24, 2.45) is 5.92 Å². The highest BCUT2D eigenvalue weighted by Gasteiger charge is 2.19. The van der Waals surface area contributed by atoms with Gasteiger partial charge in [0.1, 0.15) is 5.75 Å². The molecule has 2 rings (SSSR count). The fourth-order valence-corrected chi connectivity index (χ4v) is 2.97. The van der Waals surface area contributed by atoms with Crippen molar-refractivity contribution in [3.8, 4) is 5.75 Å². The molecule has 0 radical (unpaired) electrons. The predicted molar refractivity (Wildman–Crippen MR) is 80.5 cm³/mol. The van der Waals surface area contributed by atoms with Crippen LogP contribution in [0.25, 0.3) is 0 Å². The molecule has 0 fully saturated rings. The van der Waals surface area contributed by atoms with Crippen molar-refractivity contribution in [2.75, 3.05) is 6.54 Å². The Morgan fingerprint density at radius 1 is 1.32 bits per heavy atom. The minimum absolute atomic E-state index is 0.399. The molecule has 1 aliphatic carbocycles. The van der Waals surface area contributed by atoms with Crippen molar-refractivity contribution in [2.45, 2.75) is 58.4 Å². The van der Waals surface area contributed by atoms with E-state index in [1.54, 1.807) is 0 Å². The molecule has 1 atom stereocenters. The van der Waals surface area contributed by atoms with Crippen LogP contribution in [0.15, 0.2) is 18.2 Å². The quantitative estimate of drug-likeness (QED) is 0.753. The average Bonchev–Trinajstić information content (AvgIpc) is 2.37. The largest absolute Gasteiger partial charge is 0.508 e. The van der Waals surface area contributed by atoms with E-state index in [4.69, 9.17) is 0 Å². The molecule has 0 heterocycles. The lowest BCUT2D eigenvalue weighted by Gasteiger charge is -2.26. The van der Waals surface area contributed by atoms with E-state index in [9.17, 15) is 5.11 Å². The van der Waals surface area contributed by atoms with Gasteiger partial charge in [-0.1, -0.05) is 32.8 Å². The van der Waals surface area contributed by atoms with Gasteiger partial charge < -0.3 is 10.4 Å². The molecule has 0 saturated carbocycles. The molecule has 0 spiro atoms. The highest BCUT2D eigenvalue weighted by atomic mass is 16.3. The third kappa shape index (κ3) is 4.24. The Hall–Kier alpha value is -1.02. The van der Waals surface area contributed by atoms with Gasteiger partial charge in [0.25, 0.3) is 0 Å². The molecule has 2 nitrogen and oxygen atoms in total. The fraction of sp³-hybridized carbons (Fsp3) is 0.647. The van der Waals surface area contributed by atoms with Gasteiger partial charge in [0, 0.05) is 6.04 Å². The summed E-state index contributed by atoms with van der Waals surface area (Å²) in [4.78, 5) is 0. The van der Waals surface area contributed by atoms with E-state index in [0.29, 0.717) is 11.8 Å². The summed E-state index contributed by atoms with van der Waals surface area (Å²) < 4.78 is 0. The maximum absolute atomic E-state index is 9.55. The van der Waals surface area contributed by atoms with Gasteiger partial charge in [0.15, 0.2) is 0 Å². The molecule has 0 amide bonds. The van der Waals surface area contributed by atoms with Gasteiger partial charge in [-0.2, -0.15) is 0 Å². The van der Waals surface area contributed by atoms with Gasteiger partial charge in [0.2, 0.25) is 0 Å². The molecule has 0 aromatic heterocycles. The standard InChI is InChI=1S/C17H27NO/c1-13(2)6-3-4-11-18-17-8-5-7-14-12-15(19)9-10-16(14)17/h9-10,12-13,17-19H,3-8,11H2,1-2H3. The molecule has 0 aliphatic heterocycles. The smallest absolute Gasteiger partial charge is 0.115 e. The fourth-order valence-electron chi connectivity index (χ4n) is 2.97. The number of rotatable bonds is 6. The molecule has 0 bridgehead atoms. The number of phenols is 1. The summed E-state index contributed by atoms with van der Waals surface area (Å²) in [6.45, 7) is 5.69. The van der Waals surface area contributed by atoms with Crippen LogP contribution in [-0.4, -0.2) is 11.7 Å². The first-order valence-corrected chi connectivity index (χ1v) is 7.72. The van der Waals surface area contributed by atoms with Gasteiger partial charge in [-0.15, -0.1) is 0 Å². The van der Waals surface area contributed by atoms with E-state index >= 15 is 0 Å². The van der Waals surface area contributed by atoms with Gasteiger partial charge in [0.05, 0.1) is 0 Å². The van der Waals surface area contributed by atoms with Gasteiger partial charge in [-0.25, -0.2) is 0 Å². The third-order valence-corrected chi connectivity index (χ3v) is 4.04. The third-order valence-electron chi connectivity index (χ3n) is 4.04. The minimum atomic E-state index is 0.399. The summed E-state index contributed by atoms with van der Waals surface area (Å²) in [6.07, 6.45) is 7.47. The Morgan fingerprint density at radius 2 is 2.16 bits per heavy atom. The molecule has 1 aromatic rings. The van der Waals surface area contributed by atoms with Crippen molar-refractivity contribution >= 4 is 0 Å². The zero-order valence-electron chi connectivity index (χ0n) is 12.3. The zero-order valence-corrected chi connectivity index (χ0v) is 12.3. The van der Waals surface area contributed by atoms with Crippen LogP contribution in [0, 0.1) is 5.92 Å². The molecule has 1 aromatic carbocycles. The molecule has 2 N–H and O–H groups in total. The van der Waals surface area contributed by atoms with Crippen molar-refractivity contribution in [3.05, 3.63) is 29.3 Å². The number of benzene rings is 1. The van der Waals surface area contributed by atoms with E-state index < -0.39 is 0 Å². The maximum atomic E-state index is 9.55. The number of fused-ring (bicyclic) bond motifs is 1. The second kappa shape index (κ2) is 6.95. The zero-order chi connectivity index (χ0) is 13.7. The van der Waals surface area contributed by atoms with Crippen LogP contribution < -0.4 is 5.32 Å². The van der Waals surface area contributed by atoms with E-state index in [2.05, 4.69) is 25.2 Å². The summed E-state index contributed by atoms with van der Waals surface area (Å²) >= 11 is 0. The first-order valence-electron chi connectivity index (χ1n) is 7.72. The Balaban J connectivity index is 1.82. The lowest BCUT2D eigenvalue weighted by molar-refractivity contribution is 0.436. The number of hydrogen-bond acceptors (Lipinski definition) is 2. The van der Waals surface area contributed by atoms with Crippen LogP contribution in [0.1, 0.15) is 63.1 Å². The summed E-state index contributed by atoms with van der Waals surface area (Å²) in [5.41, 5.74) is 2.72. The van der Waals surface area contributed by atoms with Gasteiger partial charge in [-0.3, -0.25) is 0 Å². The Bertz CT molecular complexity index is 400. The molecule has 2 heteroatoms. The molecular formula is C17H27NO. The Labute approximate surface area is 117 Å². The molecule has 1 aliphatic rings. The van der Waals surface area contributed by atoms with E-state index in [-0.39, 0.29) is 0 Å². The predicted octanol–water partition coefficient (Wildman–Crippen LogP) is 4.19. The molecule has 19 heavy (non-hydrogen) atoms. The topological polar surface area (TPSA) is 32.3 Å². The lowest BCUT2D eigenvalue weighted by atomic mass is 9.87. The number of nitrogens with one attached hydrogen (secondary N) is 1. The number of unbranched alkanes of at least 4 members (excludes halogenated alkanes) is 1. The number of hydrogen-bond donors (Lipinski definition) is 2. The first kappa shape index (κ1) is 14.4. The SMILES string of the molecule is CC(C)CCCCNC1CCCc2cc(O)ccc21. The van der Waals surface area contributed by atoms with Crippen LogP contribution in [-0.2, 0) is 6.42 Å². The van der Waals surface area contributed by atoms with E-state index in [1.807, 2.05) is 12.1 Å². The second-order valence-electron chi connectivity index (χ2n) is 6.17. The maximum Gasteiger partial charge on any atom is 0.115 e. The van der Waals surface area contributed by atoms with E-state index in [1.165, 1.54) is 43.2 Å². The molecule has 106 valence electrons. The molecule has 1 unspecified atom stereocenters. The van der Waals surface area contributed by atoms with Crippen molar-refractivity contribution in [1.29, 1.82) is 0 Å². The average molecular weight is 261 g/mol. The lowest BCUT2D eigenvalue weighted by Crippen LogP contribution is -2.26. The monoisotopic (exact) mass is 261 g/mol. The Kier molecular flexibility index (Phi) is 5.26. The van der Waals surface area contributed by atoms with E-state index in [0.717, 1.165) is 18.9 Å². The summed E-state index contributed by atoms with van der Waals surface area (Å²) in [5, 5.41) is 13.2. The van der Waals surface area contributed by atoms with Crippen molar-refractivity contribution in [1.82, 2.24) is 5.32 Å². The summed E-state index contributed by atoms with van der Waals surface area (Å²) in [5.74, 6) is 1.22. The minimum Gasteiger partial charge on any atom is -0.508 e. The highest BCUT2D eigenvalue weighted by Crippen LogP contribution is 2.31.